The maximum Gasteiger partial charge on any atom is 0.228 e. The topological polar surface area (TPSA) is 111 Å². The van der Waals surface area contributed by atoms with E-state index >= 15 is 0 Å². The van der Waals surface area contributed by atoms with E-state index in [1.54, 1.807) is 12.4 Å². The third kappa shape index (κ3) is 4.09. The molecule has 4 rings (SSSR count). The van der Waals surface area contributed by atoms with E-state index in [9.17, 15) is 0 Å². The molecule has 2 fully saturated rings. The summed E-state index contributed by atoms with van der Waals surface area (Å²) in [6.45, 7) is 6.49. The summed E-state index contributed by atoms with van der Waals surface area (Å²) in [6.07, 6.45) is 5.35. The molecular weight excluding hydrogens is 346 g/mol. The van der Waals surface area contributed by atoms with Gasteiger partial charge in [-0.2, -0.15) is 4.98 Å². The van der Waals surface area contributed by atoms with Gasteiger partial charge in [-0.1, -0.05) is 0 Å². The Morgan fingerprint density at radius 1 is 1.04 bits per heavy atom. The Morgan fingerprint density at radius 3 is 2.41 bits per heavy atom. The number of aromatic nitrogens is 4. The van der Waals surface area contributed by atoms with Gasteiger partial charge in [-0.25, -0.2) is 15.0 Å². The summed E-state index contributed by atoms with van der Waals surface area (Å²) in [4.78, 5) is 20.1. The average Bonchev–Trinajstić information content (AvgIpc) is 2.72. The molecule has 0 aromatic carbocycles. The van der Waals surface area contributed by atoms with Crippen molar-refractivity contribution in [1.29, 1.82) is 0 Å². The van der Waals surface area contributed by atoms with Crippen LogP contribution in [0.25, 0.3) is 11.3 Å². The predicted molar refractivity (Wildman–Crippen MR) is 103 cm³/mol. The van der Waals surface area contributed by atoms with Crippen LogP contribution in [0.2, 0.25) is 0 Å². The summed E-state index contributed by atoms with van der Waals surface area (Å²) in [5.41, 5.74) is 8.27. The van der Waals surface area contributed by atoms with E-state index < -0.39 is 0 Å². The summed E-state index contributed by atoms with van der Waals surface area (Å²) in [5, 5.41) is 3.60. The van der Waals surface area contributed by atoms with Crippen LogP contribution in [0, 0.1) is 6.92 Å². The maximum absolute atomic E-state index is 5.64. The fourth-order valence-corrected chi connectivity index (χ4v) is 3.33. The average molecular weight is 371 g/mol. The molecule has 0 spiro atoms. The molecule has 3 N–H and O–H groups in total. The minimum Gasteiger partial charge on any atom is -0.381 e. The number of hydrogen-bond acceptors (Lipinski definition) is 9. The molecule has 144 valence electrons. The number of rotatable bonds is 4. The molecule has 0 saturated carbocycles. The van der Waals surface area contributed by atoms with E-state index in [0.29, 0.717) is 25.2 Å². The lowest BCUT2D eigenvalue weighted by atomic mass is 10.1. The van der Waals surface area contributed by atoms with Gasteiger partial charge in [-0.15, -0.1) is 0 Å². The Balaban J connectivity index is 1.71. The van der Waals surface area contributed by atoms with E-state index in [-0.39, 0.29) is 5.95 Å². The largest absolute Gasteiger partial charge is 0.381 e. The van der Waals surface area contributed by atoms with Crippen LogP contribution in [-0.4, -0.2) is 65.5 Å². The zero-order valence-electron chi connectivity index (χ0n) is 15.5. The second-order valence-electron chi connectivity index (χ2n) is 6.81. The first-order valence-electron chi connectivity index (χ1n) is 9.34. The predicted octanol–water partition coefficient (Wildman–Crippen LogP) is 1.25. The molecule has 0 radical (unpaired) electrons. The van der Waals surface area contributed by atoms with E-state index in [4.69, 9.17) is 25.2 Å². The van der Waals surface area contributed by atoms with Gasteiger partial charge in [0.25, 0.3) is 0 Å². The van der Waals surface area contributed by atoms with E-state index in [2.05, 4.69) is 20.2 Å². The lowest BCUT2D eigenvalue weighted by Gasteiger charge is -2.29. The Morgan fingerprint density at radius 2 is 1.70 bits per heavy atom. The molecule has 0 bridgehead atoms. The highest BCUT2D eigenvalue weighted by Crippen LogP contribution is 2.29. The standard InChI is InChI=1S/C18H25N7O2/c1-12-15(13-10-20-17(19)21-11-13)23-18(25-4-8-27-9-5-25)24-16(12)22-14-2-6-26-7-3-14/h10-11,14H,2-9H2,1H3,(H2,19,20,21)(H,22,23,24). The van der Waals surface area contributed by atoms with Crippen LogP contribution in [0.3, 0.4) is 0 Å². The molecule has 0 unspecified atom stereocenters. The van der Waals surface area contributed by atoms with Crippen LogP contribution >= 0.6 is 0 Å². The molecule has 2 saturated heterocycles. The van der Waals surface area contributed by atoms with Gasteiger partial charge in [0.15, 0.2) is 0 Å². The summed E-state index contributed by atoms with van der Waals surface area (Å²) < 4.78 is 10.9. The zero-order valence-corrected chi connectivity index (χ0v) is 15.5. The quantitative estimate of drug-likeness (QED) is 0.820. The number of nitrogen functional groups attached to an aromatic ring is 1. The Bertz CT molecular complexity index is 772. The summed E-state index contributed by atoms with van der Waals surface area (Å²) in [7, 11) is 0. The van der Waals surface area contributed by atoms with Crippen LogP contribution < -0.4 is 16.0 Å². The fraction of sp³-hybridized carbons (Fsp3) is 0.556. The molecule has 2 aromatic rings. The maximum atomic E-state index is 5.64. The Kier molecular flexibility index (Phi) is 5.30. The van der Waals surface area contributed by atoms with Gasteiger partial charge in [0, 0.05) is 55.9 Å². The first-order valence-corrected chi connectivity index (χ1v) is 9.34. The molecule has 9 nitrogen and oxygen atoms in total. The zero-order chi connectivity index (χ0) is 18.6. The lowest BCUT2D eigenvalue weighted by molar-refractivity contribution is 0.0903. The van der Waals surface area contributed by atoms with Crippen LogP contribution in [0.4, 0.5) is 17.7 Å². The molecule has 2 aromatic heterocycles. The smallest absolute Gasteiger partial charge is 0.228 e. The third-order valence-corrected chi connectivity index (χ3v) is 4.94. The van der Waals surface area contributed by atoms with Crippen molar-refractivity contribution >= 4 is 17.7 Å². The Labute approximate surface area is 158 Å². The van der Waals surface area contributed by atoms with E-state index in [1.807, 2.05) is 6.92 Å². The molecule has 0 amide bonds. The van der Waals surface area contributed by atoms with Crippen LogP contribution in [0.5, 0.6) is 0 Å². The van der Waals surface area contributed by atoms with Crippen molar-refractivity contribution < 1.29 is 9.47 Å². The number of nitrogens with two attached hydrogens (primary N) is 1. The second kappa shape index (κ2) is 8.01. The van der Waals surface area contributed by atoms with Gasteiger partial charge in [0.05, 0.1) is 18.9 Å². The molecule has 9 heteroatoms. The number of morpholine rings is 1. The molecule has 27 heavy (non-hydrogen) atoms. The van der Waals surface area contributed by atoms with Crippen LogP contribution in [-0.2, 0) is 9.47 Å². The third-order valence-electron chi connectivity index (χ3n) is 4.94. The molecule has 4 heterocycles. The highest BCUT2D eigenvalue weighted by atomic mass is 16.5. The second-order valence-corrected chi connectivity index (χ2v) is 6.81. The SMILES string of the molecule is Cc1c(NC2CCOCC2)nc(N2CCOCC2)nc1-c1cnc(N)nc1. The number of hydrogen-bond donors (Lipinski definition) is 2. The monoisotopic (exact) mass is 371 g/mol. The molecule has 2 aliphatic heterocycles. The van der Waals surface area contributed by atoms with E-state index in [0.717, 1.165) is 61.8 Å². The molecule has 2 aliphatic rings. The van der Waals surface area contributed by atoms with Crippen molar-refractivity contribution in [2.24, 2.45) is 0 Å². The van der Waals surface area contributed by atoms with Gasteiger partial charge < -0.3 is 25.4 Å². The number of nitrogens with zero attached hydrogens (tertiary/aromatic N) is 5. The van der Waals surface area contributed by atoms with Crippen molar-refractivity contribution in [3.05, 3.63) is 18.0 Å². The van der Waals surface area contributed by atoms with Gasteiger partial charge >= 0.3 is 0 Å². The van der Waals surface area contributed by atoms with Gasteiger partial charge in [0.2, 0.25) is 11.9 Å². The van der Waals surface area contributed by atoms with Crippen molar-refractivity contribution in [2.75, 3.05) is 55.5 Å². The summed E-state index contributed by atoms with van der Waals surface area (Å²) in [5.74, 6) is 1.80. The fourth-order valence-electron chi connectivity index (χ4n) is 3.33. The van der Waals surface area contributed by atoms with Crippen molar-refractivity contribution in [1.82, 2.24) is 19.9 Å². The molecular formula is C18H25N7O2. The minimum atomic E-state index is 0.249. The number of ether oxygens (including phenoxy) is 2. The number of nitrogens with one attached hydrogen (secondary N) is 1. The van der Waals surface area contributed by atoms with Crippen molar-refractivity contribution in [3.63, 3.8) is 0 Å². The summed E-state index contributed by atoms with van der Waals surface area (Å²) in [6, 6.07) is 0.348. The normalized spacial score (nSPS) is 18.5. The lowest BCUT2D eigenvalue weighted by Crippen LogP contribution is -2.38. The highest BCUT2D eigenvalue weighted by molar-refractivity contribution is 5.69. The van der Waals surface area contributed by atoms with Crippen molar-refractivity contribution in [3.8, 4) is 11.3 Å². The highest BCUT2D eigenvalue weighted by Gasteiger charge is 2.21. The van der Waals surface area contributed by atoms with Gasteiger partial charge in [-0.3, -0.25) is 0 Å². The van der Waals surface area contributed by atoms with Gasteiger partial charge in [0.1, 0.15) is 5.82 Å². The molecule has 0 atom stereocenters. The number of anilines is 3. The van der Waals surface area contributed by atoms with E-state index in [1.165, 1.54) is 0 Å². The van der Waals surface area contributed by atoms with Crippen molar-refractivity contribution in [2.45, 2.75) is 25.8 Å². The first kappa shape index (κ1) is 17.9. The van der Waals surface area contributed by atoms with Gasteiger partial charge in [-0.05, 0) is 19.8 Å². The Hall–Kier alpha value is -2.52. The van der Waals surface area contributed by atoms with Crippen LogP contribution in [0.15, 0.2) is 12.4 Å². The summed E-state index contributed by atoms with van der Waals surface area (Å²) >= 11 is 0. The molecule has 0 aliphatic carbocycles. The minimum absolute atomic E-state index is 0.249. The first-order chi connectivity index (χ1) is 13.2. The van der Waals surface area contributed by atoms with Crippen LogP contribution in [0.1, 0.15) is 18.4 Å².